The van der Waals surface area contributed by atoms with Crippen molar-refractivity contribution < 1.29 is 18.1 Å². The van der Waals surface area contributed by atoms with Gasteiger partial charge in [0.1, 0.15) is 0 Å². The molecule has 1 unspecified atom stereocenters. The summed E-state index contributed by atoms with van der Waals surface area (Å²) in [6.07, 6.45) is -0.158. The summed E-state index contributed by atoms with van der Waals surface area (Å²) in [5, 5.41) is 8.85. The minimum absolute atomic E-state index is 0.0888. The zero-order valence-corrected chi connectivity index (χ0v) is 7.48. The number of rotatable bonds is 5. The molecule has 0 aromatic carbocycles. The van der Waals surface area contributed by atoms with Crippen LogP contribution in [0.25, 0.3) is 0 Å². The van der Waals surface area contributed by atoms with Gasteiger partial charge in [0.2, 0.25) is 0 Å². The van der Waals surface area contributed by atoms with Crippen molar-refractivity contribution in [3.05, 3.63) is 0 Å². The van der Waals surface area contributed by atoms with E-state index in [1.807, 2.05) is 0 Å². The molecule has 0 fully saturated rings. The largest absolute Gasteiger partial charge is 0.392 e. The summed E-state index contributed by atoms with van der Waals surface area (Å²) in [4.78, 5) is 0. The predicted molar refractivity (Wildman–Crippen MR) is 42.4 cm³/mol. The van der Waals surface area contributed by atoms with Crippen LogP contribution in [0.3, 0.4) is 0 Å². The fraction of sp³-hybridized carbons (Fsp3) is 1.00. The van der Waals surface area contributed by atoms with E-state index >= 15 is 0 Å². The summed E-state index contributed by atoms with van der Waals surface area (Å²) >= 11 is 5.24. The molecular formula is C5H11ClO4S. The van der Waals surface area contributed by atoms with Crippen LogP contribution in [0.1, 0.15) is 12.8 Å². The highest BCUT2D eigenvalue weighted by Crippen LogP contribution is 2.00. The fourth-order valence-corrected chi connectivity index (χ4v) is 1.26. The SMILES string of the molecule is O=S(=O)(O)CCCC(O)CCl. The van der Waals surface area contributed by atoms with E-state index in [4.69, 9.17) is 21.3 Å². The van der Waals surface area contributed by atoms with E-state index < -0.39 is 16.2 Å². The van der Waals surface area contributed by atoms with Gasteiger partial charge in [0.05, 0.1) is 11.9 Å². The third-order valence-electron chi connectivity index (χ3n) is 1.12. The molecule has 4 nitrogen and oxygen atoms in total. The zero-order valence-electron chi connectivity index (χ0n) is 5.90. The van der Waals surface area contributed by atoms with Crippen molar-refractivity contribution in [2.45, 2.75) is 18.9 Å². The summed E-state index contributed by atoms with van der Waals surface area (Å²) in [5.41, 5.74) is 0. The molecular weight excluding hydrogens is 192 g/mol. The minimum atomic E-state index is -3.88. The van der Waals surface area contributed by atoms with Gasteiger partial charge < -0.3 is 5.11 Å². The van der Waals surface area contributed by atoms with Gasteiger partial charge in [-0.2, -0.15) is 8.42 Å². The Morgan fingerprint density at radius 3 is 2.36 bits per heavy atom. The van der Waals surface area contributed by atoms with E-state index in [2.05, 4.69) is 0 Å². The van der Waals surface area contributed by atoms with E-state index in [0.717, 1.165) is 0 Å². The van der Waals surface area contributed by atoms with E-state index in [1.54, 1.807) is 0 Å². The molecule has 0 saturated carbocycles. The number of alkyl halides is 1. The maximum absolute atomic E-state index is 10.1. The predicted octanol–water partition coefficient (Wildman–Crippen LogP) is 0.254. The molecule has 0 amide bonds. The number of aliphatic hydroxyl groups excluding tert-OH is 1. The molecule has 0 aliphatic heterocycles. The summed E-state index contributed by atoms with van der Waals surface area (Å²) in [5.74, 6) is -0.230. The Hall–Kier alpha value is 0.160. The zero-order chi connectivity index (χ0) is 8.91. The Balaban J connectivity index is 3.43. The topological polar surface area (TPSA) is 74.6 Å². The maximum atomic E-state index is 10.1. The molecule has 0 radical (unpaired) electrons. The van der Waals surface area contributed by atoms with Gasteiger partial charge in [0, 0.05) is 5.88 Å². The number of aliphatic hydroxyl groups is 1. The molecule has 0 saturated heterocycles. The van der Waals surface area contributed by atoms with Crippen molar-refractivity contribution in [2.75, 3.05) is 11.6 Å². The average Bonchev–Trinajstić information content (AvgIpc) is 1.85. The minimum Gasteiger partial charge on any atom is -0.392 e. The van der Waals surface area contributed by atoms with Crippen LogP contribution >= 0.6 is 11.6 Å². The smallest absolute Gasteiger partial charge is 0.264 e. The lowest BCUT2D eigenvalue weighted by Gasteiger charge is -2.03. The molecule has 2 N–H and O–H groups in total. The van der Waals surface area contributed by atoms with Crippen molar-refractivity contribution in [3.8, 4) is 0 Å². The maximum Gasteiger partial charge on any atom is 0.264 e. The first kappa shape index (κ1) is 11.2. The molecule has 6 heteroatoms. The van der Waals surface area contributed by atoms with Crippen LogP contribution in [0.5, 0.6) is 0 Å². The summed E-state index contributed by atoms with van der Waals surface area (Å²) in [7, 11) is -3.88. The normalized spacial score (nSPS) is 14.8. The monoisotopic (exact) mass is 202 g/mol. The van der Waals surface area contributed by atoms with Gasteiger partial charge >= 0.3 is 0 Å². The lowest BCUT2D eigenvalue weighted by atomic mass is 10.2. The quantitative estimate of drug-likeness (QED) is 0.495. The average molecular weight is 203 g/mol. The highest BCUT2D eigenvalue weighted by atomic mass is 35.5. The summed E-state index contributed by atoms with van der Waals surface area (Å²) in [6, 6.07) is 0. The second kappa shape index (κ2) is 4.92. The van der Waals surface area contributed by atoms with Crippen LogP contribution in [-0.2, 0) is 10.1 Å². The molecule has 0 spiro atoms. The third-order valence-corrected chi connectivity index (χ3v) is 2.28. The summed E-state index contributed by atoms with van der Waals surface area (Å²) in [6.45, 7) is 0. The lowest BCUT2D eigenvalue weighted by Crippen LogP contribution is -2.11. The molecule has 0 rings (SSSR count). The Kier molecular flexibility index (Phi) is 4.99. The lowest BCUT2D eigenvalue weighted by molar-refractivity contribution is 0.187. The van der Waals surface area contributed by atoms with Crippen LogP contribution in [0.2, 0.25) is 0 Å². The van der Waals surface area contributed by atoms with Gasteiger partial charge in [-0.1, -0.05) is 0 Å². The third kappa shape index (κ3) is 8.06. The molecule has 0 heterocycles. The Morgan fingerprint density at radius 2 is 2.00 bits per heavy atom. The van der Waals surface area contributed by atoms with Crippen molar-refractivity contribution >= 4 is 21.7 Å². The van der Waals surface area contributed by atoms with Crippen molar-refractivity contribution in [1.82, 2.24) is 0 Å². The molecule has 1 atom stereocenters. The van der Waals surface area contributed by atoms with Crippen LogP contribution in [0.15, 0.2) is 0 Å². The molecule has 0 aromatic heterocycles. The first-order chi connectivity index (χ1) is 4.95. The van der Waals surface area contributed by atoms with E-state index in [1.165, 1.54) is 0 Å². The molecule has 0 aliphatic carbocycles. The van der Waals surface area contributed by atoms with E-state index in [9.17, 15) is 8.42 Å². The van der Waals surface area contributed by atoms with Gasteiger partial charge in [0.15, 0.2) is 0 Å². The first-order valence-electron chi connectivity index (χ1n) is 3.15. The fourth-order valence-electron chi connectivity index (χ4n) is 0.579. The van der Waals surface area contributed by atoms with Gasteiger partial charge in [-0.05, 0) is 12.8 Å². The van der Waals surface area contributed by atoms with E-state index in [0.29, 0.717) is 6.42 Å². The van der Waals surface area contributed by atoms with Gasteiger partial charge in [-0.3, -0.25) is 4.55 Å². The highest BCUT2D eigenvalue weighted by molar-refractivity contribution is 7.85. The molecule has 11 heavy (non-hydrogen) atoms. The number of halogens is 1. The molecule has 0 aromatic rings. The molecule has 0 aliphatic rings. The van der Waals surface area contributed by atoms with Crippen molar-refractivity contribution in [1.29, 1.82) is 0 Å². The van der Waals surface area contributed by atoms with Crippen LogP contribution in [0, 0.1) is 0 Å². The van der Waals surface area contributed by atoms with Crippen LogP contribution in [-0.4, -0.2) is 35.8 Å². The van der Waals surface area contributed by atoms with Gasteiger partial charge in [0.25, 0.3) is 10.1 Å². The van der Waals surface area contributed by atoms with E-state index in [-0.39, 0.29) is 18.1 Å². The Morgan fingerprint density at radius 1 is 1.45 bits per heavy atom. The van der Waals surface area contributed by atoms with Crippen LogP contribution in [0.4, 0.5) is 0 Å². The van der Waals surface area contributed by atoms with Crippen LogP contribution < -0.4 is 0 Å². The first-order valence-corrected chi connectivity index (χ1v) is 5.29. The molecule has 68 valence electrons. The van der Waals surface area contributed by atoms with Crippen molar-refractivity contribution in [2.24, 2.45) is 0 Å². The van der Waals surface area contributed by atoms with Gasteiger partial charge in [-0.25, -0.2) is 0 Å². The number of hydrogen-bond donors (Lipinski definition) is 2. The standard InChI is InChI=1S/C5H11ClO4S/c6-4-5(7)2-1-3-11(8,9)10/h5,7H,1-4H2,(H,8,9,10). The summed E-state index contributed by atoms with van der Waals surface area (Å²) < 4.78 is 28.5. The van der Waals surface area contributed by atoms with Gasteiger partial charge in [-0.15, -0.1) is 11.6 Å². The second-order valence-electron chi connectivity index (χ2n) is 2.24. The number of hydrogen-bond acceptors (Lipinski definition) is 3. The second-order valence-corrected chi connectivity index (χ2v) is 4.12. The molecule has 0 bridgehead atoms. The highest BCUT2D eigenvalue weighted by Gasteiger charge is 2.06. The van der Waals surface area contributed by atoms with Crippen molar-refractivity contribution in [3.63, 3.8) is 0 Å². The Bertz CT molecular complexity index is 189. The Labute approximate surface area is 70.9 Å².